The van der Waals surface area contributed by atoms with Crippen molar-refractivity contribution in [2.45, 2.75) is 35.5 Å². The summed E-state index contributed by atoms with van der Waals surface area (Å²) in [7, 11) is 3.15. The number of hydrogen-bond donors (Lipinski definition) is 2. The van der Waals surface area contributed by atoms with Crippen molar-refractivity contribution in [3.8, 4) is 0 Å². The van der Waals surface area contributed by atoms with Crippen molar-refractivity contribution in [3.63, 3.8) is 0 Å². The molecule has 2 aromatic rings. The van der Waals surface area contributed by atoms with Gasteiger partial charge in [0, 0.05) is 36.0 Å². The molecule has 0 radical (unpaired) electrons. The first-order chi connectivity index (χ1) is 14.7. The molecule has 2 aliphatic heterocycles. The minimum absolute atomic E-state index is 0.0381. The average Bonchev–Trinajstić information content (AvgIpc) is 3.48. The summed E-state index contributed by atoms with van der Waals surface area (Å²) < 4.78 is 0. The molecule has 0 atom stereocenters. The van der Waals surface area contributed by atoms with Crippen LogP contribution in [0.1, 0.15) is 25.7 Å². The SMILES string of the molecule is O=C(Nc1ccccc1SSc1ccccc1NC(=O)N1CCCC1)N1CCCC1. The fourth-order valence-electron chi connectivity index (χ4n) is 3.60. The number of nitrogens with one attached hydrogen (secondary N) is 2. The predicted molar refractivity (Wildman–Crippen MR) is 124 cm³/mol. The molecule has 2 fully saturated rings. The average molecular weight is 443 g/mol. The Bertz CT molecular complexity index is 823. The number of carbonyl (C=O) groups excluding carboxylic acids is 2. The minimum atomic E-state index is -0.0381. The molecule has 0 unspecified atom stereocenters. The van der Waals surface area contributed by atoms with Crippen molar-refractivity contribution in [1.29, 1.82) is 0 Å². The summed E-state index contributed by atoms with van der Waals surface area (Å²) in [5.41, 5.74) is 1.62. The molecule has 6 nitrogen and oxygen atoms in total. The van der Waals surface area contributed by atoms with E-state index in [1.807, 2.05) is 58.3 Å². The highest BCUT2D eigenvalue weighted by molar-refractivity contribution is 8.76. The highest BCUT2D eigenvalue weighted by Crippen LogP contribution is 2.43. The maximum atomic E-state index is 12.5. The van der Waals surface area contributed by atoms with Gasteiger partial charge in [-0.2, -0.15) is 0 Å². The van der Waals surface area contributed by atoms with Gasteiger partial charge in [0.1, 0.15) is 0 Å². The normalized spacial score (nSPS) is 16.0. The number of rotatable bonds is 5. The summed E-state index contributed by atoms with van der Waals surface area (Å²) in [6.45, 7) is 3.28. The van der Waals surface area contributed by atoms with E-state index in [0.717, 1.165) is 73.0 Å². The van der Waals surface area contributed by atoms with Crippen molar-refractivity contribution in [2.75, 3.05) is 36.8 Å². The molecule has 0 bridgehead atoms. The highest BCUT2D eigenvalue weighted by atomic mass is 33.1. The molecule has 30 heavy (non-hydrogen) atoms. The van der Waals surface area contributed by atoms with Gasteiger partial charge in [-0.15, -0.1) is 0 Å². The van der Waals surface area contributed by atoms with Gasteiger partial charge in [-0.1, -0.05) is 45.9 Å². The van der Waals surface area contributed by atoms with Crippen LogP contribution in [-0.2, 0) is 0 Å². The van der Waals surface area contributed by atoms with E-state index >= 15 is 0 Å². The number of anilines is 2. The zero-order valence-corrected chi connectivity index (χ0v) is 18.4. The van der Waals surface area contributed by atoms with Gasteiger partial charge in [-0.3, -0.25) is 0 Å². The number of para-hydroxylation sites is 2. The Labute approximate surface area is 185 Å². The second-order valence-corrected chi connectivity index (χ2v) is 9.62. The number of carbonyl (C=O) groups is 2. The van der Waals surface area contributed by atoms with Crippen molar-refractivity contribution in [2.24, 2.45) is 0 Å². The number of benzene rings is 2. The summed E-state index contributed by atoms with van der Waals surface area (Å²) in [5, 5.41) is 6.10. The van der Waals surface area contributed by atoms with Gasteiger partial charge in [-0.05, 0) is 49.9 Å². The lowest BCUT2D eigenvalue weighted by Gasteiger charge is -2.19. The Hall–Kier alpha value is -2.32. The van der Waals surface area contributed by atoms with E-state index in [1.54, 1.807) is 21.6 Å². The molecule has 2 aromatic carbocycles. The third kappa shape index (κ3) is 5.23. The Morgan fingerprint density at radius 1 is 0.633 bits per heavy atom. The zero-order chi connectivity index (χ0) is 20.8. The first kappa shape index (κ1) is 20.9. The lowest BCUT2D eigenvalue weighted by Crippen LogP contribution is -2.32. The standard InChI is InChI=1S/C22H26N4O2S2/c27-21(25-13-5-6-14-25)23-17-9-1-3-11-19(17)29-30-20-12-4-2-10-18(20)24-22(28)26-15-7-8-16-26/h1-4,9-12H,5-8,13-16H2,(H,23,27)(H,24,28). The van der Waals surface area contributed by atoms with Crippen molar-refractivity contribution in [3.05, 3.63) is 48.5 Å². The van der Waals surface area contributed by atoms with E-state index in [0.29, 0.717) is 0 Å². The molecule has 2 N–H and O–H groups in total. The lowest BCUT2D eigenvalue weighted by atomic mass is 10.3. The first-order valence-electron chi connectivity index (χ1n) is 10.3. The maximum Gasteiger partial charge on any atom is 0.321 e. The predicted octanol–water partition coefficient (Wildman–Crippen LogP) is 5.74. The van der Waals surface area contributed by atoms with Crippen LogP contribution in [0.15, 0.2) is 58.3 Å². The van der Waals surface area contributed by atoms with Gasteiger partial charge >= 0.3 is 12.1 Å². The van der Waals surface area contributed by atoms with Gasteiger partial charge in [0.25, 0.3) is 0 Å². The van der Waals surface area contributed by atoms with Crippen LogP contribution in [0.25, 0.3) is 0 Å². The van der Waals surface area contributed by atoms with Gasteiger partial charge in [0.15, 0.2) is 0 Å². The van der Waals surface area contributed by atoms with Crippen LogP contribution < -0.4 is 10.6 Å². The monoisotopic (exact) mass is 442 g/mol. The van der Waals surface area contributed by atoms with Crippen LogP contribution in [0.3, 0.4) is 0 Å². The summed E-state index contributed by atoms with van der Waals surface area (Å²) >= 11 is 0. The third-order valence-corrected chi connectivity index (χ3v) is 7.75. The number of hydrogen-bond acceptors (Lipinski definition) is 4. The van der Waals surface area contributed by atoms with Crippen LogP contribution in [0, 0.1) is 0 Å². The molecule has 8 heteroatoms. The molecule has 0 aliphatic carbocycles. The van der Waals surface area contributed by atoms with E-state index in [4.69, 9.17) is 0 Å². The van der Waals surface area contributed by atoms with E-state index in [1.165, 1.54) is 0 Å². The number of amides is 4. The minimum Gasteiger partial charge on any atom is -0.325 e. The van der Waals surface area contributed by atoms with E-state index in [9.17, 15) is 9.59 Å². The Kier molecular flexibility index (Phi) is 7.07. The Morgan fingerprint density at radius 3 is 1.40 bits per heavy atom. The fraction of sp³-hybridized carbons (Fsp3) is 0.364. The molecule has 0 aromatic heterocycles. The molecule has 2 heterocycles. The van der Waals surface area contributed by atoms with Crippen LogP contribution >= 0.6 is 21.6 Å². The molecule has 2 saturated heterocycles. The smallest absolute Gasteiger partial charge is 0.321 e. The van der Waals surface area contributed by atoms with Gasteiger partial charge in [-0.25, -0.2) is 9.59 Å². The second kappa shape index (κ2) is 10.1. The Balaban J connectivity index is 1.41. The summed E-state index contributed by atoms with van der Waals surface area (Å²) in [6.07, 6.45) is 4.28. The summed E-state index contributed by atoms with van der Waals surface area (Å²) in [6, 6.07) is 15.6. The largest absolute Gasteiger partial charge is 0.325 e. The van der Waals surface area contributed by atoms with Gasteiger partial charge in [0.05, 0.1) is 11.4 Å². The second-order valence-electron chi connectivity index (χ2n) is 7.41. The van der Waals surface area contributed by atoms with E-state index < -0.39 is 0 Å². The van der Waals surface area contributed by atoms with Crippen LogP contribution in [0.4, 0.5) is 21.0 Å². The van der Waals surface area contributed by atoms with Crippen molar-refractivity contribution in [1.82, 2.24) is 9.80 Å². The van der Waals surface area contributed by atoms with Crippen LogP contribution in [0.2, 0.25) is 0 Å². The van der Waals surface area contributed by atoms with Gasteiger partial charge in [0.2, 0.25) is 0 Å². The molecule has 4 rings (SSSR count). The first-order valence-corrected chi connectivity index (χ1v) is 12.5. The molecular weight excluding hydrogens is 416 g/mol. The topological polar surface area (TPSA) is 64.7 Å². The van der Waals surface area contributed by atoms with Crippen molar-refractivity contribution >= 4 is 45.0 Å². The van der Waals surface area contributed by atoms with E-state index in [-0.39, 0.29) is 12.1 Å². The zero-order valence-electron chi connectivity index (χ0n) is 16.8. The molecule has 158 valence electrons. The summed E-state index contributed by atoms with van der Waals surface area (Å²) in [5.74, 6) is 0. The molecular formula is C22H26N4O2S2. The molecule has 0 saturated carbocycles. The quantitative estimate of drug-likeness (QED) is 0.580. The number of nitrogens with zero attached hydrogens (tertiary/aromatic N) is 2. The molecule has 0 spiro atoms. The maximum absolute atomic E-state index is 12.5. The lowest BCUT2D eigenvalue weighted by molar-refractivity contribution is 0.222. The van der Waals surface area contributed by atoms with Crippen LogP contribution in [0.5, 0.6) is 0 Å². The number of likely N-dealkylation sites (tertiary alicyclic amines) is 2. The van der Waals surface area contributed by atoms with Gasteiger partial charge < -0.3 is 20.4 Å². The Morgan fingerprint density at radius 2 is 1.00 bits per heavy atom. The van der Waals surface area contributed by atoms with Crippen LogP contribution in [-0.4, -0.2) is 48.0 Å². The van der Waals surface area contributed by atoms with Crippen molar-refractivity contribution < 1.29 is 9.59 Å². The third-order valence-electron chi connectivity index (χ3n) is 5.27. The number of urea groups is 2. The summed E-state index contributed by atoms with van der Waals surface area (Å²) in [4.78, 5) is 30.7. The molecule has 2 aliphatic rings. The highest BCUT2D eigenvalue weighted by Gasteiger charge is 2.20. The fourth-order valence-corrected chi connectivity index (χ4v) is 5.88. The molecule has 4 amide bonds. The van der Waals surface area contributed by atoms with E-state index in [2.05, 4.69) is 10.6 Å².